The first kappa shape index (κ1) is 15.4. The second-order valence-electron chi connectivity index (χ2n) is 4.86. The molecule has 3 heteroatoms. The van der Waals surface area contributed by atoms with Crippen molar-refractivity contribution in [2.45, 2.75) is 45.1 Å². The summed E-state index contributed by atoms with van der Waals surface area (Å²) in [7, 11) is 0. The zero-order valence-electron chi connectivity index (χ0n) is 11.6. The molecule has 1 amide bonds. The summed E-state index contributed by atoms with van der Waals surface area (Å²) < 4.78 is 0. The van der Waals surface area contributed by atoms with Crippen molar-refractivity contribution >= 4 is 12.0 Å². The van der Waals surface area contributed by atoms with Crippen molar-refractivity contribution < 1.29 is 4.79 Å². The summed E-state index contributed by atoms with van der Waals surface area (Å²) in [6.07, 6.45) is 6.67. The fourth-order valence-electron chi connectivity index (χ4n) is 2.05. The van der Waals surface area contributed by atoms with Gasteiger partial charge in [0, 0.05) is 12.5 Å². The highest BCUT2D eigenvalue weighted by atomic mass is 16.1. The lowest BCUT2D eigenvalue weighted by molar-refractivity contribution is -0.118. The van der Waals surface area contributed by atoms with Gasteiger partial charge in [0.15, 0.2) is 0 Å². The first-order chi connectivity index (χ1) is 9.13. The van der Waals surface area contributed by atoms with Gasteiger partial charge in [0.2, 0.25) is 5.91 Å². The molecule has 1 unspecified atom stereocenters. The van der Waals surface area contributed by atoms with Crippen LogP contribution in [0.15, 0.2) is 35.9 Å². The van der Waals surface area contributed by atoms with E-state index in [1.807, 2.05) is 30.3 Å². The highest BCUT2D eigenvalue weighted by Crippen LogP contribution is 2.18. The van der Waals surface area contributed by atoms with Crippen LogP contribution in [-0.2, 0) is 4.79 Å². The molecule has 0 aliphatic carbocycles. The van der Waals surface area contributed by atoms with E-state index in [0.717, 1.165) is 24.0 Å². The normalized spacial score (nSPS) is 13.3. The zero-order valence-corrected chi connectivity index (χ0v) is 11.6. The number of primary amides is 1. The highest BCUT2D eigenvalue weighted by molar-refractivity contribution is 5.75. The zero-order chi connectivity index (χ0) is 14.1. The summed E-state index contributed by atoms with van der Waals surface area (Å²) in [6.45, 7) is 2.17. The van der Waals surface area contributed by atoms with Crippen LogP contribution in [-0.4, -0.2) is 11.9 Å². The van der Waals surface area contributed by atoms with Crippen molar-refractivity contribution in [3.8, 4) is 0 Å². The molecule has 0 aliphatic rings. The molecule has 1 aromatic rings. The maximum atomic E-state index is 11.0. The monoisotopic (exact) mass is 260 g/mol. The van der Waals surface area contributed by atoms with Gasteiger partial charge in [-0.05, 0) is 18.4 Å². The predicted molar refractivity (Wildman–Crippen MR) is 80.3 cm³/mol. The minimum atomic E-state index is -0.345. The molecule has 19 heavy (non-hydrogen) atoms. The number of carbonyl (C=O) groups is 1. The van der Waals surface area contributed by atoms with E-state index in [-0.39, 0.29) is 18.4 Å². The lowest BCUT2D eigenvalue weighted by Gasteiger charge is -2.15. The van der Waals surface area contributed by atoms with Crippen molar-refractivity contribution in [3.05, 3.63) is 41.5 Å². The van der Waals surface area contributed by atoms with E-state index in [4.69, 9.17) is 11.5 Å². The summed E-state index contributed by atoms with van der Waals surface area (Å²) in [5.41, 5.74) is 13.5. The molecule has 0 saturated heterocycles. The van der Waals surface area contributed by atoms with Crippen LogP contribution in [0.4, 0.5) is 0 Å². The Morgan fingerprint density at radius 2 is 1.95 bits per heavy atom. The Labute approximate surface area is 115 Å². The molecule has 1 rings (SSSR count). The molecule has 0 aliphatic heterocycles. The maximum Gasteiger partial charge on any atom is 0.219 e. The molecule has 3 nitrogen and oxygen atoms in total. The Morgan fingerprint density at radius 3 is 2.53 bits per heavy atom. The van der Waals surface area contributed by atoms with E-state index < -0.39 is 0 Å². The van der Waals surface area contributed by atoms with Crippen molar-refractivity contribution in [2.24, 2.45) is 11.5 Å². The Morgan fingerprint density at radius 1 is 1.26 bits per heavy atom. The molecular formula is C16H24N2O. The molecule has 0 radical (unpaired) electrons. The number of hydrogen-bond acceptors (Lipinski definition) is 2. The van der Waals surface area contributed by atoms with E-state index in [0.29, 0.717) is 0 Å². The third kappa shape index (κ3) is 6.20. The first-order valence-corrected chi connectivity index (χ1v) is 6.93. The van der Waals surface area contributed by atoms with Crippen LogP contribution >= 0.6 is 0 Å². The SMILES string of the molecule is CCCCC/C(=C\c1ccccc1)C(N)CC(N)=O. The van der Waals surface area contributed by atoms with Crippen molar-refractivity contribution in [1.82, 2.24) is 0 Å². The Bertz CT molecular complexity index is 412. The molecule has 0 fully saturated rings. The predicted octanol–water partition coefficient (Wildman–Crippen LogP) is 2.85. The number of carbonyl (C=O) groups excluding carboxylic acids is 1. The van der Waals surface area contributed by atoms with Crippen LogP contribution in [0.5, 0.6) is 0 Å². The molecule has 4 N–H and O–H groups in total. The third-order valence-electron chi connectivity index (χ3n) is 3.12. The van der Waals surface area contributed by atoms with Gasteiger partial charge in [-0.25, -0.2) is 0 Å². The largest absolute Gasteiger partial charge is 0.370 e. The molecule has 0 aromatic heterocycles. The van der Waals surface area contributed by atoms with Crippen molar-refractivity contribution in [2.75, 3.05) is 0 Å². The van der Waals surface area contributed by atoms with Crippen molar-refractivity contribution in [1.29, 1.82) is 0 Å². The molecule has 0 bridgehead atoms. The first-order valence-electron chi connectivity index (χ1n) is 6.93. The number of hydrogen-bond donors (Lipinski definition) is 2. The van der Waals surface area contributed by atoms with Crippen LogP contribution < -0.4 is 11.5 Å². The fraction of sp³-hybridized carbons (Fsp3) is 0.438. The third-order valence-corrected chi connectivity index (χ3v) is 3.12. The number of rotatable bonds is 8. The van der Waals surface area contributed by atoms with Gasteiger partial charge in [-0.2, -0.15) is 0 Å². The fourth-order valence-corrected chi connectivity index (χ4v) is 2.05. The van der Waals surface area contributed by atoms with E-state index in [1.165, 1.54) is 12.8 Å². The summed E-state index contributed by atoms with van der Waals surface area (Å²) in [5.74, 6) is -0.345. The lowest BCUT2D eigenvalue weighted by Crippen LogP contribution is -2.29. The molecule has 1 aromatic carbocycles. The summed E-state index contributed by atoms with van der Waals surface area (Å²) in [6, 6.07) is 9.78. The van der Waals surface area contributed by atoms with Gasteiger partial charge in [-0.15, -0.1) is 0 Å². The van der Waals surface area contributed by atoms with Crippen LogP contribution in [0.3, 0.4) is 0 Å². The van der Waals surface area contributed by atoms with Gasteiger partial charge in [-0.1, -0.05) is 61.7 Å². The topological polar surface area (TPSA) is 69.1 Å². The second-order valence-corrected chi connectivity index (χ2v) is 4.86. The van der Waals surface area contributed by atoms with Gasteiger partial charge < -0.3 is 11.5 Å². The van der Waals surface area contributed by atoms with Gasteiger partial charge in [-0.3, -0.25) is 4.79 Å². The number of nitrogens with two attached hydrogens (primary N) is 2. The van der Waals surface area contributed by atoms with Gasteiger partial charge in [0.25, 0.3) is 0 Å². The lowest BCUT2D eigenvalue weighted by atomic mass is 9.96. The quantitative estimate of drug-likeness (QED) is 0.706. The average Bonchev–Trinajstić information content (AvgIpc) is 2.38. The van der Waals surface area contributed by atoms with E-state index in [1.54, 1.807) is 0 Å². The summed E-state index contributed by atoms with van der Waals surface area (Å²) in [4.78, 5) is 11.0. The van der Waals surface area contributed by atoms with E-state index >= 15 is 0 Å². The minimum absolute atomic E-state index is 0.213. The second kappa shape index (κ2) is 8.48. The number of unbranched alkanes of at least 4 members (excludes halogenated alkanes) is 2. The van der Waals surface area contributed by atoms with Crippen LogP contribution in [0.25, 0.3) is 6.08 Å². The van der Waals surface area contributed by atoms with E-state index in [2.05, 4.69) is 13.0 Å². The molecule has 0 saturated carbocycles. The molecular weight excluding hydrogens is 236 g/mol. The highest BCUT2D eigenvalue weighted by Gasteiger charge is 2.12. The minimum Gasteiger partial charge on any atom is -0.370 e. The molecule has 0 spiro atoms. The van der Waals surface area contributed by atoms with Crippen LogP contribution in [0.1, 0.15) is 44.6 Å². The van der Waals surface area contributed by atoms with E-state index in [9.17, 15) is 4.79 Å². The van der Waals surface area contributed by atoms with Gasteiger partial charge >= 0.3 is 0 Å². The Hall–Kier alpha value is -1.61. The average molecular weight is 260 g/mol. The Kier molecular flexibility index (Phi) is 6.90. The van der Waals surface area contributed by atoms with Crippen LogP contribution in [0, 0.1) is 0 Å². The summed E-state index contributed by atoms with van der Waals surface area (Å²) >= 11 is 0. The van der Waals surface area contributed by atoms with Gasteiger partial charge in [0.1, 0.15) is 0 Å². The number of amides is 1. The molecule has 0 heterocycles. The standard InChI is InChI=1S/C16H24N2O/c1-2-3-5-10-14(15(17)12-16(18)19)11-13-8-6-4-7-9-13/h4,6-9,11,15H,2-3,5,10,12,17H2,1H3,(H2,18,19)/b14-11+. The smallest absolute Gasteiger partial charge is 0.219 e. The summed E-state index contributed by atoms with van der Waals surface area (Å²) in [5, 5.41) is 0. The maximum absolute atomic E-state index is 11.0. The molecule has 1 atom stereocenters. The molecule has 104 valence electrons. The Balaban J connectivity index is 2.78. The van der Waals surface area contributed by atoms with Gasteiger partial charge in [0.05, 0.1) is 0 Å². The van der Waals surface area contributed by atoms with Crippen molar-refractivity contribution in [3.63, 3.8) is 0 Å². The number of benzene rings is 1. The van der Waals surface area contributed by atoms with Crippen LogP contribution in [0.2, 0.25) is 0 Å².